The summed E-state index contributed by atoms with van der Waals surface area (Å²) in [4.78, 5) is 2.01. The van der Waals surface area contributed by atoms with Crippen LogP contribution in [0.2, 0.25) is 0 Å². The van der Waals surface area contributed by atoms with E-state index in [-0.39, 0.29) is 6.04 Å². The minimum absolute atomic E-state index is 0.112. The van der Waals surface area contributed by atoms with Crippen molar-refractivity contribution >= 4 is 11.4 Å². The van der Waals surface area contributed by atoms with E-state index in [0.717, 1.165) is 22.7 Å². The number of benzene rings is 2. The highest BCUT2D eigenvalue weighted by Crippen LogP contribution is 2.32. The van der Waals surface area contributed by atoms with Crippen molar-refractivity contribution in [3.63, 3.8) is 0 Å². The van der Waals surface area contributed by atoms with Crippen LogP contribution in [0.1, 0.15) is 18.5 Å². The SMILES string of the molecule is CNC(C)c1ccc(N(C)c2cccc(OC)c2)cc1O. The molecule has 0 aliphatic rings. The van der Waals surface area contributed by atoms with Gasteiger partial charge in [0, 0.05) is 42.2 Å². The summed E-state index contributed by atoms with van der Waals surface area (Å²) in [6.07, 6.45) is 0. The first-order valence-corrected chi connectivity index (χ1v) is 6.94. The number of phenols is 1. The van der Waals surface area contributed by atoms with E-state index in [0.29, 0.717) is 5.75 Å². The first-order chi connectivity index (χ1) is 10.1. The zero-order valence-corrected chi connectivity index (χ0v) is 12.9. The van der Waals surface area contributed by atoms with E-state index in [4.69, 9.17) is 4.74 Å². The first-order valence-electron chi connectivity index (χ1n) is 6.94. The number of nitrogens with zero attached hydrogens (tertiary/aromatic N) is 1. The Balaban J connectivity index is 2.31. The summed E-state index contributed by atoms with van der Waals surface area (Å²) >= 11 is 0. The molecule has 2 rings (SSSR count). The third-order valence-electron chi connectivity index (χ3n) is 3.74. The van der Waals surface area contributed by atoms with Crippen LogP contribution in [0.25, 0.3) is 0 Å². The van der Waals surface area contributed by atoms with Crippen LogP contribution in [0.4, 0.5) is 11.4 Å². The van der Waals surface area contributed by atoms with Crippen LogP contribution in [0, 0.1) is 0 Å². The number of hydrogen-bond acceptors (Lipinski definition) is 4. The molecule has 2 aromatic rings. The molecule has 112 valence electrons. The van der Waals surface area contributed by atoms with Crippen LogP contribution in [0.3, 0.4) is 0 Å². The van der Waals surface area contributed by atoms with Gasteiger partial charge >= 0.3 is 0 Å². The predicted molar refractivity (Wildman–Crippen MR) is 86.6 cm³/mol. The van der Waals surface area contributed by atoms with Crippen molar-refractivity contribution in [1.29, 1.82) is 0 Å². The monoisotopic (exact) mass is 286 g/mol. The summed E-state index contributed by atoms with van der Waals surface area (Å²) in [6, 6.07) is 13.7. The van der Waals surface area contributed by atoms with Crippen LogP contribution in [-0.4, -0.2) is 26.3 Å². The summed E-state index contributed by atoms with van der Waals surface area (Å²) in [5, 5.41) is 13.3. The zero-order valence-electron chi connectivity index (χ0n) is 12.9. The number of hydrogen-bond donors (Lipinski definition) is 2. The number of ether oxygens (including phenoxy) is 1. The van der Waals surface area contributed by atoms with Gasteiger partial charge in [0.15, 0.2) is 0 Å². The van der Waals surface area contributed by atoms with E-state index >= 15 is 0 Å². The van der Waals surface area contributed by atoms with E-state index in [1.165, 1.54) is 0 Å². The van der Waals surface area contributed by atoms with Gasteiger partial charge in [-0.1, -0.05) is 12.1 Å². The van der Waals surface area contributed by atoms with Crippen molar-refractivity contribution in [1.82, 2.24) is 5.32 Å². The van der Waals surface area contributed by atoms with E-state index in [9.17, 15) is 5.11 Å². The lowest BCUT2D eigenvalue weighted by Gasteiger charge is -2.22. The summed E-state index contributed by atoms with van der Waals surface area (Å²) in [6.45, 7) is 2.01. The molecule has 0 saturated carbocycles. The molecule has 0 fully saturated rings. The highest BCUT2D eigenvalue weighted by atomic mass is 16.5. The summed E-state index contributed by atoms with van der Waals surface area (Å²) in [5.74, 6) is 1.10. The number of anilines is 2. The van der Waals surface area contributed by atoms with Crippen molar-refractivity contribution in [2.45, 2.75) is 13.0 Å². The molecule has 0 saturated heterocycles. The van der Waals surface area contributed by atoms with Crippen molar-refractivity contribution in [2.24, 2.45) is 0 Å². The van der Waals surface area contributed by atoms with Gasteiger partial charge in [0.25, 0.3) is 0 Å². The van der Waals surface area contributed by atoms with Gasteiger partial charge in [0.05, 0.1) is 7.11 Å². The number of phenolic OH excluding ortho intramolecular Hbond substituents is 1. The molecule has 0 heterocycles. The van der Waals surface area contributed by atoms with Gasteiger partial charge in [-0.15, -0.1) is 0 Å². The third-order valence-corrected chi connectivity index (χ3v) is 3.74. The molecule has 0 aromatic heterocycles. The maximum Gasteiger partial charge on any atom is 0.122 e. The normalized spacial score (nSPS) is 12.0. The summed E-state index contributed by atoms with van der Waals surface area (Å²) < 4.78 is 5.25. The van der Waals surface area contributed by atoms with E-state index in [1.807, 2.05) is 62.3 Å². The molecule has 1 atom stereocenters. The van der Waals surface area contributed by atoms with E-state index in [2.05, 4.69) is 5.32 Å². The average Bonchev–Trinajstić information content (AvgIpc) is 2.53. The molecule has 1 unspecified atom stereocenters. The van der Waals surface area contributed by atoms with Crippen LogP contribution in [0.15, 0.2) is 42.5 Å². The standard InChI is InChI=1S/C17H22N2O2/c1-12(18-2)16-9-8-14(11-17(16)20)19(3)13-6-5-7-15(10-13)21-4/h5-12,18,20H,1-4H3. The van der Waals surface area contributed by atoms with Gasteiger partial charge in [-0.05, 0) is 32.2 Å². The molecule has 0 amide bonds. The Labute approximate surface area is 126 Å². The Bertz CT molecular complexity index is 613. The van der Waals surface area contributed by atoms with Crippen molar-refractivity contribution in [2.75, 3.05) is 26.1 Å². The van der Waals surface area contributed by atoms with Gasteiger partial charge in [-0.25, -0.2) is 0 Å². The maximum atomic E-state index is 10.2. The lowest BCUT2D eigenvalue weighted by atomic mass is 10.1. The van der Waals surface area contributed by atoms with Gasteiger partial charge in [0.1, 0.15) is 11.5 Å². The second-order valence-corrected chi connectivity index (χ2v) is 5.01. The largest absolute Gasteiger partial charge is 0.508 e. The zero-order chi connectivity index (χ0) is 15.4. The van der Waals surface area contributed by atoms with Crippen molar-refractivity contribution in [3.8, 4) is 11.5 Å². The smallest absolute Gasteiger partial charge is 0.122 e. The van der Waals surface area contributed by atoms with Crippen LogP contribution >= 0.6 is 0 Å². The predicted octanol–water partition coefficient (Wildman–Crippen LogP) is 3.45. The number of methoxy groups -OCH3 is 1. The van der Waals surface area contributed by atoms with E-state index in [1.54, 1.807) is 13.2 Å². The highest BCUT2D eigenvalue weighted by Gasteiger charge is 2.11. The molecule has 0 aliphatic heterocycles. The van der Waals surface area contributed by atoms with Crippen LogP contribution in [-0.2, 0) is 0 Å². The molecule has 4 nitrogen and oxygen atoms in total. The highest BCUT2D eigenvalue weighted by molar-refractivity contribution is 5.66. The molecule has 0 radical (unpaired) electrons. The average molecular weight is 286 g/mol. The van der Waals surface area contributed by atoms with Crippen molar-refractivity contribution in [3.05, 3.63) is 48.0 Å². The van der Waals surface area contributed by atoms with Gasteiger partial charge < -0.3 is 20.1 Å². The molecule has 2 N–H and O–H groups in total. The Morgan fingerprint density at radius 2 is 1.86 bits per heavy atom. The molecule has 0 spiro atoms. The van der Waals surface area contributed by atoms with E-state index < -0.39 is 0 Å². The molecule has 0 aliphatic carbocycles. The number of nitrogens with one attached hydrogen (secondary N) is 1. The fourth-order valence-corrected chi connectivity index (χ4v) is 2.23. The van der Waals surface area contributed by atoms with Crippen LogP contribution in [0.5, 0.6) is 11.5 Å². The minimum Gasteiger partial charge on any atom is -0.508 e. The molecule has 4 heteroatoms. The molecular weight excluding hydrogens is 264 g/mol. The Morgan fingerprint density at radius 1 is 1.14 bits per heavy atom. The number of rotatable bonds is 5. The maximum absolute atomic E-state index is 10.2. The van der Waals surface area contributed by atoms with Gasteiger partial charge in [-0.3, -0.25) is 0 Å². The number of aromatic hydroxyl groups is 1. The molecular formula is C17H22N2O2. The Morgan fingerprint density at radius 3 is 2.48 bits per heavy atom. The molecule has 0 bridgehead atoms. The van der Waals surface area contributed by atoms with Crippen molar-refractivity contribution < 1.29 is 9.84 Å². The topological polar surface area (TPSA) is 44.7 Å². The summed E-state index contributed by atoms with van der Waals surface area (Å²) in [5.41, 5.74) is 2.82. The Kier molecular flexibility index (Phi) is 4.70. The quantitative estimate of drug-likeness (QED) is 0.883. The second-order valence-electron chi connectivity index (χ2n) is 5.01. The van der Waals surface area contributed by atoms with Gasteiger partial charge in [-0.2, -0.15) is 0 Å². The fraction of sp³-hybridized carbons (Fsp3) is 0.294. The van der Waals surface area contributed by atoms with Crippen LogP contribution < -0.4 is 15.0 Å². The molecule has 2 aromatic carbocycles. The molecule has 21 heavy (non-hydrogen) atoms. The Hall–Kier alpha value is -2.20. The second kappa shape index (κ2) is 6.50. The van der Waals surface area contributed by atoms with Gasteiger partial charge in [0.2, 0.25) is 0 Å². The minimum atomic E-state index is 0.112. The fourth-order valence-electron chi connectivity index (χ4n) is 2.23. The third kappa shape index (κ3) is 3.28. The summed E-state index contributed by atoms with van der Waals surface area (Å²) in [7, 11) is 5.49. The first kappa shape index (κ1) is 15.2. The lowest BCUT2D eigenvalue weighted by Crippen LogP contribution is -2.13. The lowest BCUT2D eigenvalue weighted by molar-refractivity contribution is 0.415.